The Labute approximate surface area is 229 Å². The van der Waals surface area contributed by atoms with Gasteiger partial charge in [-0.1, -0.05) is 18.6 Å². The highest BCUT2D eigenvalue weighted by atomic mass is 19.1. The third-order valence-electron chi connectivity index (χ3n) is 6.85. The normalized spacial score (nSPS) is 16.9. The van der Waals surface area contributed by atoms with Gasteiger partial charge >= 0.3 is 0 Å². The van der Waals surface area contributed by atoms with Gasteiger partial charge in [0, 0.05) is 42.9 Å². The molecule has 40 heavy (non-hydrogen) atoms. The van der Waals surface area contributed by atoms with Crippen LogP contribution in [-0.2, 0) is 16.1 Å². The smallest absolute Gasteiger partial charge is 0.268 e. The van der Waals surface area contributed by atoms with Crippen molar-refractivity contribution in [3.8, 4) is 17.4 Å². The van der Waals surface area contributed by atoms with Crippen molar-refractivity contribution < 1.29 is 32.6 Å². The molecule has 2 aliphatic heterocycles. The summed E-state index contributed by atoms with van der Waals surface area (Å²) in [4.78, 5) is 45.6. The van der Waals surface area contributed by atoms with Crippen LogP contribution in [-0.4, -0.2) is 46.7 Å². The molecule has 10 heteroatoms. The fraction of sp³-hybridized carbons (Fsp3) is 0.267. The summed E-state index contributed by atoms with van der Waals surface area (Å²) in [6, 6.07) is 11.3. The summed E-state index contributed by atoms with van der Waals surface area (Å²) in [5.41, 5.74) is 2.84. The number of ketones is 1. The molecule has 1 atom stereocenters. The summed E-state index contributed by atoms with van der Waals surface area (Å²) in [5, 5.41) is 0. The third-order valence-corrected chi connectivity index (χ3v) is 6.85. The molecule has 3 aromatic rings. The van der Waals surface area contributed by atoms with E-state index in [1.807, 2.05) is 19.9 Å². The Morgan fingerprint density at radius 3 is 2.67 bits per heavy atom. The van der Waals surface area contributed by atoms with Crippen LogP contribution in [0.2, 0.25) is 0 Å². The number of carbonyl (C=O) groups is 3. The highest BCUT2D eigenvalue weighted by Crippen LogP contribution is 2.31. The van der Waals surface area contributed by atoms with Crippen molar-refractivity contribution in [1.82, 2.24) is 9.88 Å². The molecule has 0 bridgehead atoms. The van der Waals surface area contributed by atoms with E-state index < -0.39 is 17.7 Å². The zero-order chi connectivity index (χ0) is 28.4. The highest BCUT2D eigenvalue weighted by Gasteiger charge is 2.36. The number of fused-ring (bicyclic) bond motifs is 1. The number of ether oxygens (including phenoxy) is 2. The van der Waals surface area contributed by atoms with Crippen molar-refractivity contribution in [2.75, 3.05) is 18.0 Å². The fourth-order valence-electron chi connectivity index (χ4n) is 4.61. The van der Waals surface area contributed by atoms with Gasteiger partial charge in [0.1, 0.15) is 11.6 Å². The molecule has 5 rings (SSSR count). The van der Waals surface area contributed by atoms with Gasteiger partial charge in [0.2, 0.25) is 5.88 Å². The van der Waals surface area contributed by atoms with Gasteiger partial charge in [0.25, 0.3) is 11.8 Å². The minimum atomic E-state index is -0.854. The Bertz CT molecular complexity index is 1510. The first-order chi connectivity index (χ1) is 19.2. The maximum absolute atomic E-state index is 13.8. The van der Waals surface area contributed by atoms with E-state index in [-0.39, 0.29) is 35.8 Å². The average molecular weight is 548 g/mol. The Kier molecular flexibility index (Phi) is 7.59. The molecular formula is C30H27F2N3O5. The minimum absolute atomic E-state index is 0.00938. The second-order valence-electron chi connectivity index (χ2n) is 9.71. The lowest BCUT2D eigenvalue weighted by molar-refractivity contribution is -0.122. The number of hydrogen-bond acceptors (Lipinski definition) is 6. The van der Waals surface area contributed by atoms with Crippen molar-refractivity contribution in [2.45, 2.75) is 39.3 Å². The molecule has 0 aliphatic carbocycles. The standard InChI is InChI=1S/C30H27F2N3O5/c1-3-18(2)12-22(36)17-34-16-19-4-6-21(14-24(19)29(34)37)35-11-10-27(30(35)38)39-23-7-9-28(33-15-23)40-26-8-5-20(31)13-25(26)32/h4-9,12-15,27H,3,10-11,16-17H2,1-2H3/b18-12+/t27-/m1/s1. The number of rotatable bonds is 9. The number of anilines is 1. The molecule has 0 unspecified atom stereocenters. The number of carbonyl (C=O) groups excluding carboxylic acids is 3. The molecule has 0 N–H and O–H groups in total. The summed E-state index contributed by atoms with van der Waals surface area (Å²) in [6.45, 7) is 4.61. The van der Waals surface area contributed by atoms with Crippen LogP contribution in [0.25, 0.3) is 0 Å². The number of pyridine rings is 1. The number of aromatic nitrogens is 1. The Morgan fingerprint density at radius 2 is 1.95 bits per heavy atom. The molecule has 2 amide bonds. The van der Waals surface area contributed by atoms with Crippen LogP contribution >= 0.6 is 0 Å². The lowest BCUT2D eigenvalue weighted by Crippen LogP contribution is -2.32. The van der Waals surface area contributed by atoms with Gasteiger partial charge in [-0.3, -0.25) is 14.4 Å². The SMILES string of the molecule is CC/C(C)=C/C(=O)CN1Cc2ccc(N3CC[C@@H](Oc4ccc(Oc5ccc(F)cc5F)nc4)C3=O)cc2C1=O. The first-order valence-corrected chi connectivity index (χ1v) is 12.9. The summed E-state index contributed by atoms with van der Waals surface area (Å²) in [6.07, 6.45) is 3.37. The number of benzene rings is 2. The van der Waals surface area contributed by atoms with Crippen molar-refractivity contribution in [3.05, 3.63) is 89.1 Å². The van der Waals surface area contributed by atoms with E-state index in [1.54, 1.807) is 29.2 Å². The van der Waals surface area contributed by atoms with Crippen molar-refractivity contribution in [2.24, 2.45) is 0 Å². The van der Waals surface area contributed by atoms with Crippen LogP contribution in [0, 0.1) is 11.6 Å². The van der Waals surface area contributed by atoms with E-state index in [0.717, 1.165) is 29.7 Å². The third kappa shape index (κ3) is 5.70. The summed E-state index contributed by atoms with van der Waals surface area (Å²) >= 11 is 0. The van der Waals surface area contributed by atoms with Crippen LogP contribution in [0.5, 0.6) is 17.4 Å². The number of allylic oxidation sites excluding steroid dienone is 1. The van der Waals surface area contributed by atoms with Gasteiger partial charge in [0.05, 0.1) is 12.7 Å². The van der Waals surface area contributed by atoms with E-state index in [2.05, 4.69) is 4.98 Å². The second kappa shape index (κ2) is 11.3. The summed E-state index contributed by atoms with van der Waals surface area (Å²) in [5.74, 6) is -1.95. The van der Waals surface area contributed by atoms with Crippen LogP contribution in [0.3, 0.4) is 0 Å². The summed E-state index contributed by atoms with van der Waals surface area (Å²) in [7, 11) is 0. The largest absolute Gasteiger partial charge is 0.479 e. The molecule has 2 aromatic carbocycles. The van der Waals surface area contributed by atoms with Gasteiger partial charge in [-0.05, 0) is 55.3 Å². The van der Waals surface area contributed by atoms with Gasteiger partial charge < -0.3 is 19.3 Å². The van der Waals surface area contributed by atoms with E-state index in [0.29, 0.717) is 42.6 Å². The van der Waals surface area contributed by atoms with Gasteiger partial charge in [-0.25, -0.2) is 13.8 Å². The molecule has 1 aromatic heterocycles. The van der Waals surface area contributed by atoms with Crippen molar-refractivity contribution in [1.29, 1.82) is 0 Å². The average Bonchev–Trinajstić information content (AvgIpc) is 3.44. The predicted molar refractivity (Wildman–Crippen MR) is 142 cm³/mol. The van der Waals surface area contributed by atoms with Gasteiger partial charge in [0.15, 0.2) is 23.5 Å². The number of hydrogen-bond donors (Lipinski definition) is 0. The molecule has 0 saturated carbocycles. The first-order valence-electron chi connectivity index (χ1n) is 12.9. The Hall–Kier alpha value is -4.60. The molecule has 8 nitrogen and oxygen atoms in total. The maximum atomic E-state index is 13.8. The number of amides is 2. The van der Waals surface area contributed by atoms with Gasteiger partial charge in [-0.2, -0.15) is 0 Å². The molecule has 0 spiro atoms. The molecule has 206 valence electrons. The monoisotopic (exact) mass is 547 g/mol. The topological polar surface area (TPSA) is 89.0 Å². The molecule has 0 radical (unpaired) electrons. The van der Waals surface area contributed by atoms with E-state index in [1.165, 1.54) is 17.2 Å². The number of halogens is 2. The lowest BCUT2D eigenvalue weighted by Gasteiger charge is -2.18. The van der Waals surface area contributed by atoms with Crippen LogP contribution < -0.4 is 14.4 Å². The Balaban J connectivity index is 1.21. The maximum Gasteiger partial charge on any atom is 0.268 e. The molecule has 1 saturated heterocycles. The molecule has 3 heterocycles. The zero-order valence-electron chi connectivity index (χ0n) is 22.0. The van der Waals surface area contributed by atoms with Crippen LogP contribution in [0.4, 0.5) is 14.5 Å². The first kappa shape index (κ1) is 27.0. The fourth-order valence-corrected chi connectivity index (χ4v) is 4.61. The van der Waals surface area contributed by atoms with Crippen LogP contribution in [0.15, 0.2) is 66.4 Å². The van der Waals surface area contributed by atoms with E-state index in [4.69, 9.17) is 9.47 Å². The van der Waals surface area contributed by atoms with Gasteiger partial charge in [-0.15, -0.1) is 0 Å². The molecule has 1 fully saturated rings. The van der Waals surface area contributed by atoms with Crippen LogP contribution in [0.1, 0.15) is 42.6 Å². The minimum Gasteiger partial charge on any atom is -0.479 e. The predicted octanol–water partition coefficient (Wildman–Crippen LogP) is 5.22. The number of nitrogens with zero attached hydrogens (tertiary/aromatic N) is 3. The Morgan fingerprint density at radius 1 is 1.12 bits per heavy atom. The molecular weight excluding hydrogens is 520 g/mol. The second-order valence-corrected chi connectivity index (χ2v) is 9.71. The van der Waals surface area contributed by atoms with E-state index >= 15 is 0 Å². The highest BCUT2D eigenvalue weighted by molar-refractivity contribution is 6.04. The zero-order valence-corrected chi connectivity index (χ0v) is 22.0. The summed E-state index contributed by atoms with van der Waals surface area (Å²) < 4.78 is 38.1. The van der Waals surface area contributed by atoms with E-state index in [9.17, 15) is 23.2 Å². The molecule has 2 aliphatic rings. The quantitative estimate of drug-likeness (QED) is 0.342. The van der Waals surface area contributed by atoms with Crippen molar-refractivity contribution in [3.63, 3.8) is 0 Å². The van der Waals surface area contributed by atoms with Crippen molar-refractivity contribution >= 4 is 23.3 Å². The lowest BCUT2D eigenvalue weighted by atomic mass is 10.1.